The zero-order chi connectivity index (χ0) is 14.2. The van der Waals surface area contributed by atoms with E-state index in [0.29, 0.717) is 18.8 Å². The van der Waals surface area contributed by atoms with Crippen LogP contribution in [0.3, 0.4) is 0 Å². The Morgan fingerprint density at radius 3 is 2.90 bits per heavy atom. The molecule has 106 valence electrons. The summed E-state index contributed by atoms with van der Waals surface area (Å²) in [6, 6.07) is 3.60. The monoisotopic (exact) mass is 273 g/mol. The van der Waals surface area contributed by atoms with Crippen molar-refractivity contribution in [3.63, 3.8) is 0 Å². The molecule has 20 heavy (non-hydrogen) atoms. The van der Waals surface area contributed by atoms with Gasteiger partial charge in [-0.1, -0.05) is 6.92 Å². The molecule has 2 heterocycles. The van der Waals surface area contributed by atoms with Crippen molar-refractivity contribution in [2.24, 2.45) is 0 Å². The van der Waals surface area contributed by atoms with Gasteiger partial charge in [0, 0.05) is 32.0 Å². The molecular formula is C14H19N5O. The van der Waals surface area contributed by atoms with Crippen LogP contribution in [0.2, 0.25) is 0 Å². The summed E-state index contributed by atoms with van der Waals surface area (Å²) in [5, 5.41) is 6.05. The van der Waals surface area contributed by atoms with Crippen molar-refractivity contribution in [2.45, 2.75) is 19.9 Å². The quantitative estimate of drug-likeness (QED) is 0.802. The maximum absolute atomic E-state index is 11.9. The van der Waals surface area contributed by atoms with Gasteiger partial charge >= 0.3 is 0 Å². The highest BCUT2D eigenvalue weighted by Gasteiger charge is 2.06. The van der Waals surface area contributed by atoms with Gasteiger partial charge in [-0.25, -0.2) is 9.97 Å². The Morgan fingerprint density at radius 1 is 1.35 bits per heavy atom. The third-order valence-corrected chi connectivity index (χ3v) is 2.79. The van der Waals surface area contributed by atoms with Crippen LogP contribution in [0.5, 0.6) is 0 Å². The van der Waals surface area contributed by atoms with Crippen LogP contribution in [0.1, 0.15) is 23.8 Å². The minimum Gasteiger partial charge on any atom is -0.384 e. The fourth-order valence-electron chi connectivity index (χ4n) is 1.71. The summed E-state index contributed by atoms with van der Waals surface area (Å²) in [7, 11) is 0. The molecule has 0 aromatic carbocycles. The fourth-order valence-corrected chi connectivity index (χ4v) is 1.71. The maximum Gasteiger partial charge on any atom is 0.269 e. The van der Waals surface area contributed by atoms with Gasteiger partial charge in [0.2, 0.25) is 0 Å². The van der Waals surface area contributed by atoms with Crippen LogP contribution in [-0.2, 0) is 6.54 Å². The lowest BCUT2D eigenvalue weighted by atomic mass is 10.3. The van der Waals surface area contributed by atoms with Crippen molar-refractivity contribution in [1.29, 1.82) is 0 Å². The van der Waals surface area contributed by atoms with Gasteiger partial charge in [-0.05, 0) is 18.6 Å². The van der Waals surface area contributed by atoms with Crippen molar-refractivity contribution in [3.05, 3.63) is 42.7 Å². The fraction of sp³-hybridized carbons (Fsp3) is 0.357. The lowest BCUT2D eigenvalue weighted by Crippen LogP contribution is -2.27. The summed E-state index contributed by atoms with van der Waals surface area (Å²) in [5.74, 6) is -0.160. The molecule has 0 fully saturated rings. The molecule has 0 aliphatic heterocycles. The lowest BCUT2D eigenvalue weighted by molar-refractivity contribution is 0.0947. The van der Waals surface area contributed by atoms with E-state index in [-0.39, 0.29) is 5.91 Å². The van der Waals surface area contributed by atoms with E-state index in [1.165, 1.54) is 0 Å². The smallest absolute Gasteiger partial charge is 0.269 e. The van der Waals surface area contributed by atoms with Crippen molar-refractivity contribution in [2.75, 3.05) is 18.4 Å². The number of hydrogen-bond donors (Lipinski definition) is 2. The van der Waals surface area contributed by atoms with E-state index < -0.39 is 0 Å². The molecule has 0 saturated heterocycles. The van der Waals surface area contributed by atoms with Crippen LogP contribution in [0.25, 0.3) is 0 Å². The Balaban J connectivity index is 1.79. The molecule has 2 N–H and O–H groups in total. The molecule has 2 aromatic heterocycles. The number of rotatable bonds is 7. The highest BCUT2D eigenvalue weighted by atomic mass is 16.1. The standard InChI is InChI=1S/C14H19N5O/c1-2-5-16-12-3-4-13(18-10-12)14(20)17-7-9-19-8-6-15-11-19/h3-4,6,8,10-11,16H,2,5,7,9H2,1H3,(H,17,20). The topological polar surface area (TPSA) is 71.8 Å². The summed E-state index contributed by atoms with van der Waals surface area (Å²) in [4.78, 5) is 20.0. The normalized spacial score (nSPS) is 10.2. The van der Waals surface area contributed by atoms with Crippen LogP contribution < -0.4 is 10.6 Å². The molecule has 2 aromatic rings. The Bertz CT molecular complexity index is 521. The number of imidazole rings is 1. The van der Waals surface area contributed by atoms with Crippen LogP contribution in [0.4, 0.5) is 5.69 Å². The number of hydrogen-bond acceptors (Lipinski definition) is 4. The second-order valence-electron chi connectivity index (χ2n) is 4.42. The van der Waals surface area contributed by atoms with Gasteiger partial charge in [0.1, 0.15) is 5.69 Å². The van der Waals surface area contributed by atoms with Gasteiger partial charge in [-0.2, -0.15) is 0 Å². The van der Waals surface area contributed by atoms with Gasteiger partial charge < -0.3 is 15.2 Å². The number of carbonyl (C=O) groups excluding carboxylic acids is 1. The van der Waals surface area contributed by atoms with Gasteiger partial charge in [-0.3, -0.25) is 4.79 Å². The third kappa shape index (κ3) is 4.08. The largest absolute Gasteiger partial charge is 0.384 e. The van der Waals surface area contributed by atoms with Crippen molar-refractivity contribution >= 4 is 11.6 Å². The molecule has 0 radical (unpaired) electrons. The van der Waals surface area contributed by atoms with Gasteiger partial charge in [0.25, 0.3) is 5.91 Å². The summed E-state index contributed by atoms with van der Waals surface area (Å²) in [6.07, 6.45) is 8.03. The van der Waals surface area contributed by atoms with E-state index in [1.54, 1.807) is 24.8 Å². The molecule has 0 aliphatic carbocycles. The predicted molar refractivity (Wildman–Crippen MR) is 77.6 cm³/mol. The number of aromatic nitrogens is 3. The van der Waals surface area contributed by atoms with E-state index in [4.69, 9.17) is 0 Å². The Labute approximate surface area is 118 Å². The average Bonchev–Trinajstić information content (AvgIpc) is 2.99. The Kier molecular flexibility index (Phi) is 5.11. The molecule has 0 atom stereocenters. The average molecular weight is 273 g/mol. The van der Waals surface area contributed by atoms with Gasteiger partial charge in [0.05, 0.1) is 18.2 Å². The minimum absolute atomic E-state index is 0.160. The van der Waals surface area contributed by atoms with E-state index in [9.17, 15) is 4.79 Å². The SMILES string of the molecule is CCCNc1ccc(C(=O)NCCn2ccnc2)nc1. The molecule has 0 unspecified atom stereocenters. The first-order chi connectivity index (χ1) is 9.79. The second-order valence-corrected chi connectivity index (χ2v) is 4.42. The number of amides is 1. The molecule has 6 heteroatoms. The zero-order valence-electron chi connectivity index (χ0n) is 11.5. The molecule has 0 spiro atoms. The summed E-state index contributed by atoms with van der Waals surface area (Å²) >= 11 is 0. The summed E-state index contributed by atoms with van der Waals surface area (Å²) in [6.45, 7) is 4.25. The Morgan fingerprint density at radius 2 is 2.25 bits per heavy atom. The first kappa shape index (κ1) is 14.0. The molecule has 0 saturated carbocycles. The highest BCUT2D eigenvalue weighted by molar-refractivity contribution is 5.92. The number of carbonyl (C=O) groups is 1. The van der Waals surface area contributed by atoms with Crippen LogP contribution in [0, 0.1) is 0 Å². The van der Waals surface area contributed by atoms with E-state index in [0.717, 1.165) is 18.7 Å². The lowest BCUT2D eigenvalue weighted by Gasteiger charge is -2.07. The van der Waals surface area contributed by atoms with Crippen LogP contribution in [0.15, 0.2) is 37.1 Å². The number of anilines is 1. The Hall–Kier alpha value is -2.37. The summed E-state index contributed by atoms with van der Waals surface area (Å²) in [5.41, 5.74) is 1.36. The maximum atomic E-state index is 11.9. The number of pyridine rings is 1. The summed E-state index contributed by atoms with van der Waals surface area (Å²) < 4.78 is 1.91. The van der Waals surface area contributed by atoms with E-state index in [2.05, 4.69) is 27.5 Å². The van der Waals surface area contributed by atoms with E-state index >= 15 is 0 Å². The first-order valence-electron chi connectivity index (χ1n) is 6.73. The second kappa shape index (κ2) is 7.28. The zero-order valence-corrected chi connectivity index (χ0v) is 11.5. The van der Waals surface area contributed by atoms with Crippen molar-refractivity contribution < 1.29 is 4.79 Å². The predicted octanol–water partition coefficient (Wildman–Crippen LogP) is 1.53. The number of nitrogens with one attached hydrogen (secondary N) is 2. The van der Waals surface area contributed by atoms with E-state index in [1.807, 2.05) is 16.8 Å². The number of nitrogens with zero attached hydrogens (tertiary/aromatic N) is 3. The third-order valence-electron chi connectivity index (χ3n) is 2.79. The molecule has 6 nitrogen and oxygen atoms in total. The molecule has 1 amide bonds. The molecular weight excluding hydrogens is 254 g/mol. The molecule has 0 bridgehead atoms. The van der Waals surface area contributed by atoms with Crippen molar-refractivity contribution in [3.8, 4) is 0 Å². The minimum atomic E-state index is -0.160. The van der Waals surface area contributed by atoms with Crippen molar-refractivity contribution in [1.82, 2.24) is 19.9 Å². The molecule has 2 rings (SSSR count). The molecule has 0 aliphatic rings. The van der Waals surface area contributed by atoms with Crippen LogP contribution >= 0.6 is 0 Å². The first-order valence-corrected chi connectivity index (χ1v) is 6.73. The van der Waals surface area contributed by atoms with Gasteiger partial charge in [-0.15, -0.1) is 0 Å². The van der Waals surface area contributed by atoms with Crippen LogP contribution in [-0.4, -0.2) is 33.5 Å². The van der Waals surface area contributed by atoms with Gasteiger partial charge in [0.15, 0.2) is 0 Å². The highest BCUT2D eigenvalue weighted by Crippen LogP contribution is 2.06.